The second-order valence-corrected chi connectivity index (χ2v) is 13.8. The first kappa shape index (κ1) is 32.8. The van der Waals surface area contributed by atoms with Gasteiger partial charge in [-0.25, -0.2) is 13.1 Å². The lowest BCUT2D eigenvalue weighted by Gasteiger charge is -2.38. The summed E-state index contributed by atoms with van der Waals surface area (Å²) in [6, 6.07) is 42.7. The molecule has 0 unspecified atom stereocenters. The summed E-state index contributed by atoms with van der Waals surface area (Å²) in [7, 11) is -1.51. The molecule has 0 radical (unpaired) electrons. The zero-order chi connectivity index (χ0) is 32.6. The maximum atomic E-state index is 12.8. The molecule has 0 saturated carbocycles. The third-order valence-corrected chi connectivity index (χ3v) is 9.78. The zero-order valence-corrected chi connectivity index (χ0v) is 27.2. The fraction of sp³-hybridized carbons (Fsp3) is 0.231. The molecule has 6 rings (SSSR count). The van der Waals surface area contributed by atoms with Gasteiger partial charge in [-0.05, 0) is 64.7 Å². The molecule has 1 aliphatic rings. The second-order valence-electron chi connectivity index (χ2n) is 12.0. The van der Waals surface area contributed by atoms with Gasteiger partial charge in [0, 0.05) is 31.6 Å². The molecule has 1 heterocycles. The Balaban J connectivity index is 1.20. The molecule has 0 aliphatic carbocycles. The molecule has 242 valence electrons. The van der Waals surface area contributed by atoms with Gasteiger partial charge in [0.25, 0.3) is 0 Å². The van der Waals surface area contributed by atoms with Crippen LogP contribution in [0.2, 0.25) is 0 Å². The van der Waals surface area contributed by atoms with Gasteiger partial charge in [-0.15, -0.1) is 0 Å². The summed E-state index contributed by atoms with van der Waals surface area (Å²) in [6.07, 6.45) is -0.132. The van der Waals surface area contributed by atoms with E-state index in [1.54, 1.807) is 30.3 Å². The summed E-state index contributed by atoms with van der Waals surface area (Å²) < 4.78 is 41.5. The first-order valence-corrected chi connectivity index (χ1v) is 17.3. The summed E-state index contributed by atoms with van der Waals surface area (Å²) in [6.45, 7) is 1.72. The molecular weight excluding hydrogens is 609 g/mol. The summed E-state index contributed by atoms with van der Waals surface area (Å²) in [5.41, 5.74) is 6.87. The van der Waals surface area contributed by atoms with Crippen LogP contribution in [0.4, 0.5) is 0 Å². The van der Waals surface area contributed by atoms with Gasteiger partial charge in [-0.1, -0.05) is 109 Å². The van der Waals surface area contributed by atoms with E-state index in [1.165, 1.54) is 5.56 Å². The molecule has 8 heteroatoms. The topological polar surface area (TPSA) is 88.1 Å². The number of ether oxygens (including phenoxy) is 2. The van der Waals surface area contributed by atoms with Crippen LogP contribution in [0.5, 0.6) is 0 Å². The Hall–Kier alpha value is -4.15. The maximum absolute atomic E-state index is 12.8. The molecular formula is C39H40N2O5S. The summed E-state index contributed by atoms with van der Waals surface area (Å²) >= 11 is 0. The van der Waals surface area contributed by atoms with E-state index in [1.807, 2.05) is 72.8 Å². The highest BCUT2D eigenvalue weighted by Gasteiger charge is 2.33. The van der Waals surface area contributed by atoms with Gasteiger partial charge < -0.3 is 14.6 Å². The Morgan fingerprint density at radius 3 is 2.11 bits per heavy atom. The van der Waals surface area contributed by atoms with Gasteiger partial charge in [0.15, 0.2) is 6.29 Å². The van der Waals surface area contributed by atoms with Crippen molar-refractivity contribution in [1.29, 1.82) is 0 Å². The molecule has 0 spiro atoms. The molecule has 0 bridgehead atoms. The van der Waals surface area contributed by atoms with Crippen molar-refractivity contribution < 1.29 is 23.0 Å². The monoisotopic (exact) mass is 648 g/mol. The van der Waals surface area contributed by atoms with E-state index in [0.717, 1.165) is 46.5 Å². The molecule has 1 saturated heterocycles. The lowest BCUT2D eigenvalue weighted by Crippen LogP contribution is -2.37. The number of aliphatic hydroxyl groups excluding tert-OH is 1. The van der Waals surface area contributed by atoms with E-state index < -0.39 is 16.3 Å². The van der Waals surface area contributed by atoms with E-state index in [0.29, 0.717) is 6.42 Å². The molecule has 1 aliphatic heterocycles. The normalized spacial score (nSPS) is 18.3. The highest BCUT2D eigenvalue weighted by molar-refractivity contribution is 7.89. The minimum atomic E-state index is -3.62. The number of benzene rings is 5. The van der Waals surface area contributed by atoms with Gasteiger partial charge in [-0.3, -0.25) is 4.90 Å². The van der Waals surface area contributed by atoms with Crippen LogP contribution in [0, 0.1) is 0 Å². The molecule has 2 N–H and O–H groups in total. The van der Waals surface area contributed by atoms with Crippen molar-refractivity contribution in [2.45, 2.75) is 49.5 Å². The molecule has 7 nitrogen and oxygen atoms in total. The van der Waals surface area contributed by atoms with Crippen molar-refractivity contribution in [2.75, 3.05) is 13.6 Å². The van der Waals surface area contributed by atoms with Gasteiger partial charge >= 0.3 is 0 Å². The Kier molecular flexibility index (Phi) is 10.6. The third-order valence-electron chi connectivity index (χ3n) is 8.36. The first-order valence-electron chi connectivity index (χ1n) is 15.8. The van der Waals surface area contributed by atoms with Crippen molar-refractivity contribution in [2.24, 2.45) is 0 Å². The quantitative estimate of drug-likeness (QED) is 0.152. The number of rotatable bonds is 12. The van der Waals surface area contributed by atoms with Crippen LogP contribution in [0.15, 0.2) is 138 Å². The van der Waals surface area contributed by atoms with Crippen molar-refractivity contribution >= 4 is 10.0 Å². The van der Waals surface area contributed by atoms with E-state index >= 15 is 0 Å². The number of nitrogens with zero attached hydrogens (tertiary/aromatic N) is 1. The highest BCUT2D eigenvalue weighted by Crippen LogP contribution is 2.39. The molecule has 1 fully saturated rings. The van der Waals surface area contributed by atoms with Crippen LogP contribution in [0.3, 0.4) is 0 Å². The lowest BCUT2D eigenvalue weighted by molar-refractivity contribution is -0.252. The van der Waals surface area contributed by atoms with Crippen molar-refractivity contribution in [3.8, 4) is 11.1 Å². The maximum Gasteiger partial charge on any atom is 0.240 e. The number of likely N-dealkylation sites (N-methyl/N-ethyl adjacent to an activating group) is 1. The molecule has 0 amide bonds. The van der Waals surface area contributed by atoms with Crippen LogP contribution in [0.25, 0.3) is 11.1 Å². The van der Waals surface area contributed by atoms with Crippen LogP contribution < -0.4 is 4.72 Å². The Labute approximate surface area is 277 Å². The Morgan fingerprint density at radius 2 is 1.38 bits per heavy atom. The van der Waals surface area contributed by atoms with E-state index in [2.05, 4.69) is 47.0 Å². The van der Waals surface area contributed by atoms with Gasteiger partial charge in [0.1, 0.15) is 0 Å². The number of sulfonamides is 1. The number of nitrogens with one attached hydrogen (secondary N) is 1. The van der Waals surface area contributed by atoms with Gasteiger partial charge in [-0.2, -0.15) is 0 Å². The van der Waals surface area contributed by atoms with Crippen LogP contribution in [-0.4, -0.2) is 38.1 Å². The Bertz CT molecular complexity index is 1850. The molecule has 5 aromatic carbocycles. The minimum absolute atomic E-state index is 0.00264. The van der Waals surface area contributed by atoms with Crippen LogP contribution >= 0.6 is 0 Å². The predicted molar refractivity (Wildman–Crippen MR) is 184 cm³/mol. The SMILES string of the molecule is CN(Cc1ccccc1)C[C@@H]1C[C@H](c2ccc(CO)cc2)O[C@H](c2cccc(-c3cccc(CNS(=O)(=O)c4ccccc4)c3)c2)O1. The van der Waals surface area contributed by atoms with E-state index in [4.69, 9.17) is 9.47 Å². The standard InChI is InChI=1S/C39H40N2O5S/c1-41(26-29-10-4-2-5-11-29)27-36-24-38(32-20-18-30(28-42)19-21-32)46-39(45-36)35-15-9-14-34(23-35)33-13-8-12-31(22-33)25-40-47(43,44)37-16-6-3-7-17-37/h2-23,36,38-40,42H,24-28H2,1H3/t36-,38+,39+/m0/s1. The smallest absolute Gasteiger partial charge is 0.240 e. The first-order chi connectivity index (χ1) is 22.9. The van der Waals surface area contributed by atoms with Gasteiger partial charge in [0.2, 0.25) is 10.0 Å². The third kappa shape index (κ3) is 8.61. The fourth-order valence-electron chi connectivity index (χ4n) is 5.93. The van der Waals surface area contributed by atoms with Crippen LogP contribution in [-0.2, 0) is 39.2 Å². The zero-order valence-electron chi connectivity index (χ0n) is 26.4. The largest absolute Gasteiger partial charge is 0.392 e. The van der Waals surface area contributed by atoms with Crippen LogP contribution in [0.1, 0.15) is 46.6 Å². The van der Waals surface area contributed by atoms with E-state index in [9.17, 15) is 13.5 Å². The molecule has 5 aromatic rings. The molecule has 3 atom stereocenters. The average Bonchev–Trinajstić information content (AvgIpc) is 3.11. The molecule has 0 aromatic heterocycles. The number of hydrogen-bond donors (Lipinski definition) is 2. The summed E-state index contributed by atoms with van der Waals surface area (Å²) in [5, 5.41) is 9.55. The van der Waals surface area contributed by atoms with Crippen molar-refractivity contribution in [1.82, 2.24) is 9.62 Å². The summed E-state index contributed by atoms with van der Waals surface area (Å²) in [5.74, 6) is 0. The van der Waals surface area contributed by atoms with Crippen molar-refractivity contribution in [3.63, 3.8) is 0 Å². The average molecular weight is 649 g/mol. The number of aliphatic hydroxyl groups is 1. The van der Waals surface area contributed by atoms with E-state index in [-0.39, 0.29) is 30.3 Å². The number of hydrogen-bond acceptors (Lipinski definition) is 6. The van der Waals surface area contributed by atoms with Crippen molar-refractivity contribution in [3.05, 3.63) is 161 Å². The second kappa shape index (κ2) is 15.2. The minimum Gasteiger partial charge on any atom is -0.392 e. The predicted octanol–water partition coefficient (Wildman–Crippen LogP) is 7.00. The fourth-order valence-corrected chi connectivity index (χ4v) is 6.97. The molecule has 47 heavy (non-hydrogen) atoms. The lowest BCUT2D eigenvalue weighted by atomic mass is 9.98. The highest BCUT2D eigenvalue weighted by atomic mass is 32.2. The Morgan fingerprint density at radius 1 is 0.723 bits per heavy atom. The summed E-state index contributed by atoms with van der Waals surface area (Å²) in [4.78, 5) is 2.52. The van der Waals surface area contributed by atoms with Gasteiger partial charge in [0.05, 0.1) is 23.7 Å².